The van der Waals surface area contributed by atoms with E-state index in [0.717, 1.165) is 23.9 Å². The molecule has 12 heteroatoms. The molecule has 3 aromatic carbocycles. The molecule has 4 rings (SSSR count). The number of nitrogens with one attached hydrogen (secondary N) is 1. The summed E-state index contributed by atoms with van der Waals surface area (Å²) in [5, 5.41) is 7.11. The molecular formula is C29H24F3N3O6. The van der Waals surface area contributed by atoms with Crippen LogP contribution in [0.3, 0.4) is 0 Å². The monoisotopic (exact) mass is 567 g/mol. The van der Waals surface area contributed by atoms with E-state index in [9.17, 15) is 22.8 Å². The van der Waals surface area contributed by atoms with Gasteiger partial charge in [-0.05, 0) is 60.7 Å². The Morgan fingerprint density at radius 1 is 0.951 bits per heavy atom. The van der Waals surface area contributed by atoms with Crippen LogP contribution in [0.15, 0.2) is 85.1 Å². The van der Waals surface area contributed by atoms with Gasteiger partial charge in [-0.25, -0.2) is 9.48 Å². The molecule has 41 heavy (non-hydrogen) atoms. The van der Waals surface area contributed by atoms with Gasteiger partial charge < -0.3 is 24.3 Å². The second-order valence-electron chi connectivity index (χ2n) is 8.34. The molecule has 0 bridgehead atoms. The van der Waals surface area contributed by atoms with Crippen LogP contribution in [-0.2, 0) is 14.3 Å². The average Bonchev–Trinajstić information content (AvgIpc) is 3.39. The van der Waals surface area contributed by atoms with Crippen molar-refractivity contribution in [3.8, 4) is 34.2 Å². The number of aromatic nitrogens is 2. The van der Waals surface area contributed by atoms with Crippen LogP contribution in [0.4, 0.5) is 18.9 Å². The number of methoxy groups -OCH3 is 2. The molecule has 0 radical (unpaired) electrons. The van der Waals surface area contributed by atoms with Gasteiger partial charge in [0.1, 0.15) is 11.4 Å². The van der Waals surface area contributed by atoms with Gasteiger partial charge in [0.2, 0.25) is 0 Å². The summed E-state index contributed by atoms with van der Waals surface area (Å²) in [5.41, 5.74) is 2.84. The normalized spacial score (nSPS) is 11.2. The molecule has 212 valence electrons. The van der Waals surface area contributed by atoms with Gasteiger partial charge in [0.15, 0.2) is 18.1 Å². The van der Waals surface area contributed by atoms with Gasteiger partial charge in [-0.2, -0.15) is 5.10 Å². The highest BCUT2D eigenvalue weighted by Crippen LogP contribution is 2.34. The van der Waals surface area contributed by atoms with E-state index in [1.807, 2.05) is 30.3 Å². The van der Waals surface area contributed by atoms with Crippen molar-refractivity contribution in [1.82, 2.24) is 9.78 Å². The highest BCUT2D eigenvalue weighted by atomic mass is 19.4. The number of alkyl halides is 3. The zero-order valence-corrected chi connectivity index (χ0v) is 21.8. The van der Waals surface area contributed by atoms with E-state index in [4.69, 9.17) is 14.2 Å². The van der Waals surface area contributed by atoms with Crippen LogP contribution in [0.25, 0.3) is 23.0 Å². The number of benzene rings is 3. The Balaban J connectivity index is 1.45. The molecule has 1 aromatic heterocycles. The lowest BCUT2D eigenvalue weighted by atomic mass is 10.1. The molecule has 0 aliphatic rings. The van der Waals surface area contributed by atoms with Crippen LogP contribution in [0, 0.1) is 0 Å². The number of halogens is 3. The maximum atomic E-state index is 12.4. The smallest absolute Gasteiger partial charge is 0.493 e. The summed E-state index contributed by atoms with van der Waals surface area (Å²) >= 11 is 0. The summed E-state index contributed by atoms with van der Waals surface area (Å²) < 4.78 is 58.0. The number of amides is 1. The van der Waals surface area contributed by atoms with Gasteiger partial charge in [0, 0.05) is 29.1 Å². The van der Waals surface area contributed by atoms with Crippen molar-refractivity contribution in [2.24, 2.45) is 0 Å². The van der Waals surface area contributed by atoms with E-state index in [1.165, 1.54) is 32.4 Å². The summed E-state index contributed by atoms with van der Waals surface area (Å²) in [6, 6.07) is 19.2. The number of nitrogens with zero attached hydrogens (tertiary/aromatic N) is 2. The van der Waals surface area contributed by atoms with Gasteiger partial charge in [-0.3, -0.25) is 4.79 Å². The van der Waals surface area contributed by atoms with Crippen LogP contribution in [-0.4, -0.2) is 48.8 Å². The molecule has 1 N–H and O–H groups in total. The van der Waals surface area contributed by atoms with Crippen LogP contribution >= 0.6 is 0 Å². The fraction of sp³-hybridized carbons (Fsp3) is 0.138. The van der Waals surface area contributed by atoms with Crippen molar-refractivity contribution >= 4 is 23.6 Å². The van der Waals surface area contributed by atoms with Gasteiger partial charge in [-0.15, -0.1) is 13.2 Å². The Morgan fingerprint density at radius 3 is 2.32 bits per heavy atom. The van der Waals surface area contributed by atoms with Crippen molar-refractivity contribution in [2.75, 3.05) is 26.1 Å². The molecule has 1 heterocycles. The van der Waals surface area contributed by atoms with Crippen LogP contribution in [0.5, 0.6) is 17.2 Å². The van der Waals surface area contributed by atoms with Gasteiger partial charge in [0.05, 0.1) is 19.9 Å². The second-order valence-corrected chi connectivity index (χ2v) is 8.34. The zero-order chi connectivity index (χ0) is 29.4. The number of carbonyl (C=O) groups is 2. The maximum Gasteiger partial charge on any atom is 0.573 e. The number of hydrogen-bond acceptors (Lipinski definition) is 7. The highest BCUT2D eigenvalue weighted by Gasteiger charge is 2.31. The van der Waals surface area contributed by atoms with Crippen molar-refractivity contribution in [3.63, 3.8) is 0 Å². The number of anilines is 1. The molecule has 0 spiro atoms. The SMILES string of the molecule is COc1ccc(-c2nn(-c3ccccc3)cc2/C=C/C(=O)OCC(=O)Nc2ccc(OC(F)(F)F)cc2)cc1OC. The highest BCUT2D eigenvalue weighted by molar-refractivity contribution is 5.95. The minimum Gasteiger partial charge on any atom is -0.493 e. The molecule has 9 nitrogen and oxygen atoms in total. The number of para-hydroxylation sites is 1. The maximum absolute atomic E-state index is 12.4. The Hall–Kier alpha value is -5.26. The second kappa shape index (κ2) is 12.7. The first-order valence-corrected chi connectivity index (χ1v) is 12.0. The molecule has 0 aliphatic carbocycles. The van der Waals surface area contributed by atoms with Gasteiger partial charge in [0.25, 0.3) is 5.91 Å². The molecular weight excluding hydrogens is 543 g/mol. The van der Waals surface area contributed by atoms with Crippen molar-refractivity contribution in [1.29, 1.82) is 0 Å². The Kier molecular flexibility index (Phi) is 8.92. The van der Waals surface area contributed by atoms with Gasteiger partial charge in [-0.1, -0.05) is 18.2 Å². The van der Waals surface area contributed by atoms with Crippen molar-refractivity contribution in [3.05, 3.63) is 90.6 Å². The molecule has 0 saturated heterocycles. The number of rotatable bonds is 10. The molecule has 4 aromatic rings. The van der Waals surface area contributed by atoms with E-state index in [-0.39, 0.29) is 5.69 Å². The van der Waals surface area contributed by atoms with Crippen LogP contribution < -0.4 is 19.5 Å². The first-order chi connectivity index (χ1) is 19.6. The summed E-state index contributed by atoms with van der Waals surface area (Å²) in [6.45, 7) is -0.615. The van der Waals surface area contributed by atoms with Gasteiger partial charge >= 0.3 is 12.3 Å². The minimum absolute atomic E-state index is 0.198. The summed E-state index contributed by atoms with van der Waals surface area (Å²) in [5.74, 6) is -0.862. The van der Waals surface area contributed by atoms with E-state index in [1.54, 1.807) is 29.1 Å². The van der Waals surface area contributed by atoms with Crippen molar-refractivity contribution < 1.29 is 41.7 Å². The third-order valence-electron chi connectivity index (χ3n) is 5.54. The number of esters is 1. The largest absolute Gasteiger partial charge is 0.573 e. The predicted octanol–water partition coefficient (Wildman–Crippen LogP) is 5.65. The van der Waals surface area contributed by atoms with Crippen molar-refractivity contribution in [2.45, 2.75) is 6.36 Å². The third kappa shape index (κ3) is 7.88. The molecule has 0 aliphatic heterocycles. The summed E-state index contributed by atoms with van der Waals surface area (Å²) in [6.07, 6.45) is -0.412. The summed E-state index contributed by atoms with van der Waals surface area (Å²) in [7, 11) is 3.06. The molecule has 0 unspecified atom stereocenters. The number of hydrogen-bond donors (Lipinski definition) is 1. The predicted molar refractivity (Wildman–Crippen MR) is 144 cm³/mol. The quantitative estimate of drug-likeness (QED) is 0.195. The first kappa shape index (κ1) is 28.7. The molecule has 1 amide bonds. The average molecular weight is 568 g/mol. The number of carbonyl (C=O) groups excluding carboxylic acids is 2. The fourth-order valence-corrected chi connectivity index (χ4v) is 3.71. The van der Waals surface area contributed by atoms with Crippen LogP contribution in [0.1, 0.15) is 5.56 Å². The fourth-order valence-electron chi connectivity index (χ4n) is 3.71. The van der Waals surface area contributed by atoms with E-state index < -0.39 is 30.6 Å². The number of ether oxygens (including phenoxy) is 4. The molecule has 0 fully saturated rings. The Morgan fingerprint density at radius 2 is 1.66 bits per heavy atom. The third-order valence-corrected chi connectivity index (χ3v) is 5.54. The lowest BCUT2D eigenvalue weighted by molar-refractivity contribution is -0.274. The van der Waals surface area contributed by atoms with E-state index >= 15 is 0 Å². The topological polar surface area (TPSA) is 101 Å². The molecule has 0 saturated carbocycles. The lowest BCUT2D eigenvalue weighted by Gasteiger charge is -2.10. The minimum atomic E-state index is -4.82. The van der Waals surface area contributed by atoms with E-state index in [0.29, 0.717) is 28.3 Å². The van der Waals surface area contributed by atoms with Crippen LogP contribution in [0.2, 0.25) is 0 Å². The Labute approximate surface area is 232 Å². The lowest BCUT2D eigenvalue weighted by Crippen LogP contribution is -2.20. The standard InChI is InChI=1S/C29H24F3N3O6/c1-38-24-14-8-19(16-25(24)39-2)28-20(17-35(34-28)22-6-4-3-5-7-22)9-15-27(37)40-18-26(36)33-21-10-12-23(13-11-21)41-29(30,31)32/h3-17H,18H2,1-2H3,(H,33,36)/b15-9+. The molecule has 0 atom stereocenters. The zero-order valence-electron chi connectivity index (χ0n) is 21.8. The Bertz CT molecular complexity index is 1530. The van der Waals surface area contributed by atoms with E-state index in [2.05, 4.69) is 15.2 Å². The summed E-state index contributed by atoms with van der Waals surface area (Å²) in [4.78, 5) is 24.5. The first-order valence-electron chi connectivity index (χ1n) is 12.0.